The zero-order valence-electron chi connectivity index (χ0n) is 17.3. The zero-order chi connectivity index (χ0) is 22.1. The van der Waals surface area contributed by atoms with Gasteiger partial charge in [0.05, 0.1) is 30.3 Å². The molecule has 2 rings (SSSR count). The van der Waals surface area contributed by atoms with E-state index in [1.165, 1.54) is 27.9 Å². The highest BCUT2D eigenvalue weighted by atomic mass is 16.7. The Morgan fingerprint density at radius 3 is 2.17 bits per heavy atom. The second kappa shape index (κ2) is 9.50. The molecular weight excluding hydrogens is 390 g/mol. The Morgan fingerprint density at radius 1 is 1.00 bits per heavy atom. The van der Waals surface area contributed by atoms with Gasteiger partial charge in [-0.25, -0.2) is 0 Å². The number of nitrogens with one attached hydrogen (secondary N) is 1. The maximum absolute atomic E-state index is 12.2. The van der Waals surface area contributed by atoms with E-state index in [1.807, 2.05) is 0 Å². The molecule has 29 heavy (non-hydrogen) atoms. The lowest BCUT2D eigenvalue weighted by Crippen LogP contribution is -2.66. The van der Waals surface area contributed by atoms with E-state index in [1.54, 1.807) is 6.92 Å². The number of methoxy groups -OCH3 is 1. The summed E-state index contributed by atoms with van der Waals surface area (Å²) in [5, 5.41) is 53.3. The maximum Gasteiger partial charge on any atom is 0.223 e. The Kier molecular flexibility index (Phi) is 7.99. The molecule has 0 bridgehead atoms. The average molecular weight is 423 g/mol. The lowest BCUT2D eigenvalue weighted by Gasteiger charge is -2.46. The van der Waals surface area contributed by atoms with Gasteiger partial charge in [0.2, 0.25) is 5.91 Å². The number of amides is 1. The van der Waals surface area contributed by atoms with E-state index in [-0.39, 0.29) is 6.42 Å². The molecule has 170 valence electrons. The lowest BCUT2D eigenvalue weighted by molar-refractivity contribution is -0.344. The summed E-state index contributed by atoms with van der Waals surface area (Å²) < 4.78 is 21.7. The van der Waals surface area contributed by atoms with Gasteiger partial charge in [0.25, 0.3) is 0 Å². The standard InChI is InChI=1S/C18H33NO10/c1-7-10(19-9(20)6-18(3,4)25)12(22)15(26-5)17(28-7)29-14-11(21)8(2)27-16(24)13(14)23/h7-8,10-17,21-25H,6H2,1-5H3,(H,19,20)/t7-,8+,10-,11+,12+,13-,14-,15-,16-,17+/m1/s1. The Hall–Kier alpha value is -0.890. The van der Waals surface area contributed by atoms with Crippen LogP contribution in [0.1, 0.15) is 34.1 Å². The molecule has 0 radical (unpaired) electrons. The van der Waals surface area contributed by atoms with Crippen LogP contribution in [-0.4, -0.2) is 106 Å². The molecule has 2 heterocycles. The first-order chi connectivity index (χ1) is 13.4. The Bertz CT molecular complexity index is 541. The number of carbonyl (C=O) groups excluding carboxylic acids is 1. The van der Waals surface area contributed by atoms with Crippen molar-refractivity contribution >= 4 is 5.91 Å². The van der Waals surface area contributed by atoms with Gasteiger partial charge in [-0.15, -0.1) is 0 Å². The van der Waals surface area contributed by atoms with Gasteiger partial charge in [-0.05, 0) is 27.7 Å². The largest absolute Gasteiger partial charge is 0.390 e. The van der Waals surface area contributed by atoms with Crippen molar-refractivity contribution in [3.8, 4) is 0 Å². The molecule has 0 aromatic carbocycles. The second-order valence-electron chi connectivity index (χ2n) is 8.30. The molecule has 11 heteroatoms. The van der Waals surface area contributed by atoms with Crippen molar-refractivity contribution in [3.05, 3.63) is 0 Å². The minimum atomic E-state index is -1.56. The first-order valence-corrected chi connectivity index (χ1v) is 9.59. The van der Waals surface area contributed by atoms with E-state index >= 15 is 0 Å². The number of hydrogen-bond donors (Lipinski definition) is 6. The molecule has 2 fully saturated rings. The molecule has 10 atom stereocenters. The van der Waals surface area contributed by atoms with Gasteiger partial charge in [-0.2, -0.15) is 0 Å². The zero-order valence-corrected chi connectivity index (χ0v) is 17.3. The van der Waals surface area contributed by atoms with Crippen LogP contribution in [0.15, 0.2) is 0 Å². The topological polar surface area (TPSA) is 167 Å². The number of aliphatic hydroxyl groups excluding tert-OH is 4. The molecule has 2 aliphatic heterocycles. The lowest BCUT2D eigenvalue weighted by atomic mass is 9.95. The van der Waals surface area contributed by atoms with Crippen LogP contribution in [-0.2, 0) is 23.7 Å². The van der Waals surface area contributed by atoms with E-state index < -0.39 is 72.9 Å². The number of hydrogen-bond acceptors (Lipinski definition) is 10. The van der Waals surface area contributed by atoms with Gasteiger partial charge in [-0.1, -0.05) is 0 Å². The molecule has 1 amide bonds. The van der Waals surface area contributed by atoms with Crippen molar-refractivity contribution < 1.29 is 49.3 Å². The minimum Gasteiger partial charge on any atom is -0.390 e. The highest BCUT2D eigenvalue weighted by Gasteiger charge is 2.50. The average Bonchev–Trinajstić information content (AvgIpc) is 2.59. The van der Waals surface area contributed by atoms with Gasteiger partial charge in [-0.3, -0.25) is 4.79 Å². The summed E-state index contributed by atoms with van der Waals surface area (Å²) in [4.78, 5) is 12.2. The predicted molar refractivity (Wildman–Crippen MR) is 97.4 cm³/mol. The van der Waals surface area contributed by atoms with E-state index in [2.05, 4.69) is 5.32 Å². The van der Waals surface area contributed by atoms with Crippen LogP contribution in [0.3, 0.4) is 0 Å². The van der Waals surface area contributed by atoms with Crippen molar-refractivity contribution in [2.24, 2.45) is 0 Å². The summed E-state index contributed by atoms with van der Waals surface area (Å²) in [6.07, 6.45) is -10.8. The normalized spacial score (nSPS) is 43.8. The molecule has 0 aliphatic carbocycles. The van der Waals surface area contributed by atoms with Gasteiger partial charge in [0.15, 0.2) is 12.6 Å². The SMILES string of the molecule is CO[C@H]1[C@H](O[C@@H]2[C@@H](O)[C@H](C)O[C@@H](O)[C@@H]2O)O[C@H](C)[C@@H](NC(=O)CC(C)(C)O)[C@@H]1O. The fraction of sp³-hybridized carbons (Fsp3) is 0.944. The number of aliphatic hydroxyl groups is 5. The summed E-state index contributed by atoms with van der Waals surface area (Å²) in [7, 11) is 1.31. The molecule has 2 aliphatic rings. The third-order valence-electron chi connectivity index (χ3n) is 5.11. The van der Waals surface area contributed by atoms with Gasteiger partial charge in [0.1, 0.15) is 30.5 Å². The molecule has 6 N–H and O–H groups in total. The van der Waals surface area contributed by atoms with Crippen LogP contribution in [0.2, 0.25) is 0 Å². The maximum atomic E-state index is 12.2. The summed E-state index contributed by atoms with van der Waals surface area (Å²) in [5.41, 5.74) is -1.22. The molecule has 11 nitrogen and oxygen atoms in total. The van der Waals surface area contributed by atoms with Gasteiger partial charge < -0.3 is 49.8 Å². The van der Waals surface area contributed by atoms with Crippen molar-refractivity contribution in [2.75, 3.05) is 7.11 Å². The van der Waals surface area contributed by atoms with Crippen LogP contribution in [0.5, 0.6) is 0 Å². The predicted octanol–water partition coefficient (Wildman–Crippen LogP) is -2.40. The quantitative estimate of drug-likeness (QED) is 0.271. The molecule has 0 aromatic heterocycles. The van der Waals surface area contributed by atoms with Crippen molar-refractivity contribution in [1.82, 2.24) is 5.32 Å². The molecule has 0 saturated carbocycles. The number of rotatable bonds is 6. The van der Waals surface area contributed by atoms with E-state index in [4.69, 9.17) is 18.9 Å². The summed E-state index contributed by atoms with van der Waals surface area (Å²) in [6, 6.07) is -0.844. The smallest absolute Gasteiger partial charge is 0.223 e. The van der Waals surface area contributed by atoms with E-state index in [0.29, 0.717) is 0 Å². The van der Waals surface area contributed by atoms with Crippen LogP contribution in [0.4, 0.5) is 0 Å². The third-order valence-corrected chi connectivity index (χ3v) is 5.11. The highest BCUT2D eigenvalue weighted by molar-refractivity contribution is 5.77. The van der Waals surface area contributed by atoms with Gasteiger partial charge >= 0.3 is 0 Å². The Morgan fingerprint density at radius 2 is 1.62 bits per heavy atom. The third kappa shape index (κ3) is 5.84. The van der Waals surface area contributed by atoms with E-state index in [0.717, 1.165) is 0 Å². The van der Waals surface area contributed by atoms with Crippen LogP contribution in [0.25, 0.3) is 0 Å². The number of carbonyl (C=O) groups is 1. The van der Waals surface area contributed by atoms with E-state index in [9.17, 15) is 30.3 Å². The molecule has 2 saturated heterocycles. The van der Waals surface area contributed by atoms with Gasteiger partial charge in [0, 0.05) is 7.11 Å². The fourth-order valence-corrected chi connectivity index (χ4v) is 3.54. The molecule has 0 aromatic rings. The second-order valence-corrected chi connectivity index (χ2v) is 8.30. The minimum absolute atomic E-state index is 0.170. The van der Waals surface area contributed by atoms with Crippen LogP contribution >= 0.6 is 0 Å². The van der Waals surface area contributed by atoms with Crippen LogP contribution in [0, 0.1) is 0 Å². The summed E-state index contributed by atoms with van der Waals surface area (Å²) in [5.74, 6) is -0.474. The Labute approximate surface area is 169 Å². The molecule has 0 spiro atoms. The van der Waals surface area contributed by atoms with Crippen molar-refractivity contribution in [3.63, 3.8) is 0 Å². The number of ether oxygens (including phenoxy) is 4. The van der Waals surface area contributed by atoms with Crippen LogP contribution < -0.4 is 5.32 Å². The van der Waals surface area contributed by atoms with Crippen molar-refractivity contribution in [2.45, 2.75) is 101 Å². The molecule has 0 unspecified atom stereocenters. The first-order valence-electron chi connectivity index (χ1n) is 9.59. The Balaban J connectivity index is 2.10. The van der Waals surface area contributed by atoms with Crippen molar-refractivity contribution in [1.29, 1.82) is 0 Å². The highest BCUT2D eigenvalue weighted by Crippen LogP contribution is 2.29. The monoisotopic (exact) mass is 423 g/mol. The summed E-state index contributed by atoms with van der Waals surface area (Å²) in [6.45, 7) is 6.10. The fourth-order valence-electron chi connectivity index (χ4n) is 3.54. The first kappa shape index (κ1) is 24.4. The summed E-state index contributed by atoms with van der Waals surface area (Å²) >= 11 is 0. The molecular formula is C18H33NO10.